The molecular weight excluding hydrogens is 204 g/mol. The first-order valence-corrected chi connectivity index (χ1v) is 4.90. The number of halogens is 1. The summed E-state index contributed by atoms with van der Waals surface area (Å²) in [6.07, 6.45) is 4.10. The van der Waals surface area contributed by atoms with Gasteiger partial charge < -0.3 is 0 Å². The number of hydrogen-bond acceptors (Lipinski definition) is 2. The highest BCUT2D eigenvalue weighted by molar-refractivity contribution is 9.07. The van der Waals surface area contributed by atoms with Gasteiger partial charge in [0.15, 0.2) is 0 Å². The second kappa shape index (κ2) is 4.21. The minimum atomic E-state index is 0.398. The highest BCUT2D eigenvalue weighted by atomic mass is 79.9. The van der Waals surface area contributed by atoms with Crippen LogP contribution >= 0.6 is 16.1 Å². The highest BCUT2D eigenvalue weighted by Crippen LogP contribution is 2.19. The summed E-state index contributed by atoms with van der Waals surface area (Å²) < 4.78 is 2.14. The first kappa shape index (κ1) is 9.20. The molecule has 0 aliphatic carbocycles. The van der Waals surface area contributed by atoms with Crippen molar-refractivity contribution in [1.29, 1.82) is 0 Å². The smallest absolute Gasteiger partial charge is 0.112 e. The summed E-state index contributed by atoms with van der Waals surface area (Å²) in [6, 6.07) is 0. The van der Waals surface area contributed by atoms with E-state index in [0.717, 1.165) is 6.54 Å². The summed E-state index contributed by atoms with van der Waals surface area (Å²) in [5.41, 5.74) is 1.24. The maximum Gasteiger partial charge on any atom is 0.112 e. The lowest BCUT2D eigenvalue weighted by Crippen LogP contribution is -2.20. The van der Waals surface area contributed by atoms with Gasteiger partial charge in [0.1, 0.15) is 6.17 Å². The van der Waals surface area contributed by atoms with Crippen molar-refractivity contribution in [2.75, 3.05) is 6.54 Å². The van der Waals surface area contributed by atoms with E-state index >= 15 is 0 Å². The van der Waals surface area contributed by atoms with Crippen molar-refractivity contribution >= 4 is 21.9 Å². The average Bonchev–Trinajstić information content (AvgIpc) is 2.26. The molecule has 0 saturated heterocycles. The van der Waals surface area contributed by atoms with Gasteiger partial charge in [-0.1, -0.05) is 19.8 Å². The third-order valence-corrected chi connectivity index (χ3v) is 2.61. The lowest BCUT2D eigenvalue weighted by Gasteiger charge is -2.13. The molecule has 11 heavy (non-hydrogen) atoms. The fraction of sp³-hybridized carbons (Fsp3) is 0.875. The van der Waals surface area contributed by atoms with E-state index in [2.05, 4.69) is 38.9 Å². The zero-order valence-electron chi connectivity index (χ0n) is 7.18. The van der Waals surface area contributed by atoms with E-state index in [-0.39, 0.29) is 0 Å². The van der Waals surface area contributed by atoms with Crippen molar-refractivity contribution in [1.82, 2.24) is 3.93 Å². The van der Waals surface area contributed by atoms with Crippen LogP contribution in [0.2, 0.25) is 0 Å². The van der Waals surface area contributed by atoms with E-state index < -0.39 is 0 Å². The van der Waals surface area contributed by atoms with Crippen molar-refractivity contribution in [3.8, 4) is 0 Å². The largest absolute Gasteiger partial charge is 0.273 e. The van der Waals surface area contributed by atoms with Gasteiger partial charge in [-0.25, -0.2) is 3.93 Å². The second-order valence-corrected chi connectivity index (χ2v) is 3.96. The number of unbranched alkanes of at least 4 members (excludes halogenated alkanes) is 1. The molecule has 2 nitrogen and oxygen atoms in total. The average molecular weight is 219 g/mol. The van der Waals surface area contributed by atoms with Crippen LogP contribution in [0.4, 0.5) is 0 Å². The molecule has 0 amide bonds. The van der Waals surface area contributed by atoms with Crippen LogP contribution in [-0.4, -0.2) is 22.3 Å². The molecule has 1 rings (SSSR count). The number of rotatable bonds is 3. The molecule has 64 valence electrons. The first-order valence-electron chi connectivity index (χ1n) is 4.19. The fourth-order valence-electron chi connectivity index (χ4n) is 1.27. The van der Waals surface area contributed by atoms with Gasteiger partial charge in [-0.2, -0.15) is 0 Å². The van der Waals surface area contributed by atoms with Crippen molar-refractivity contribution in [3.05, 3.63) is 0 Å². The zero-order chi connectivity index (χ0) is 8.27. The molecule has 0 aromatic rings. The van der Waals surface area contributed by atoms with Crippen LogP contribution in [0.1, 0.15) is 33.1 Å². The van der Waals surface area contributed by atoms with Gasteiger partial charge in [0.2, 0.25) is 0 Å². The predicted molar refractivity (Wildman–Crippen MR) is 52.1 cm³/mol. The number of hydrogen-bond donors (Lipinski definition) is 0. The molecule has 3 heteroatoms. The lowest BCUT2D eigenvalue weighted by atomic mass is 10.2. The second-order valence-electron chi connectivity index (χ2n) is 3.05. The van der Waals surface area contributed by atoms with Gasteiger partial charge in [-0.05, 0) is 13.3 Å². The van der Waals surface area contributed by atoms with E-state index in [1.807, 2.05) is 0 Å². The Balaban J connectivity index is 2.33. The van der Waals surface area contributed by atoms with Crippen molar-refractivity contribution in [2.45, 2.75) is 39.3 Å². The quantitative estimate of drug-likeness (QED) is 0.666. The van der Waals surface area contributed by atoms with Crippen LogP contribution in [0.15, 0.2) is 4.99 Å². The number of aliphatic imine (C=N–C) groups is 1. The molecule has 1 unspecified atom stereocenters. The van der Waals surface area contributed by atoms with Gasteiger partial charge in [0.25, 0.3) is 0 Å². The highest BCUT2D eigenvalue weighted by Gasteiger charge is 2.20. The molecule has 0 spiro atoms. The SMILES string of the molecule is CCCCC1N=C(C)CN1Br. The normalized spacial score (nSPS) is 25.7. The molecule has 0 N–H and O–H groups in total. The van der Waals surface area contributed by atoms with Gasteiger partial charge in [0.05, 0.1) is 0 Å². The molecule has 1 aliphatic heterocycles. The predicted octanol–water partition coefficient (Wildman–Crippen LogP) is 2.59. The molecule has 0 fully saturated rings. The standard InChI is InChI=1S/C8H15BrN2/c1-3-4-5-8-10-7(2)6-11(8)9/h8H,3-6H2,1-2H3. The fourth-order valence-corrected chi connectivity index (χ4v) is 1.93. The lowest BCUT2D eigenvalue weighted by molar-refractivity contribution is 0.406. The van der Waals surface area contributed by atoms with Gasteiger partial charge in [0, 0.05) is 28.4 Å². The van der Waals surface area contributed by atoms with Crippen molar-refractivity contribution in [3.63, 3.8) is 0 Å². The van der Waals surface area contributed by atoms with Crippen LogP contribution in [0.5, 0.6) is 0 Å². The van der Waals surface area contributed by atoms with Crippen LogP contribution < -0.4 is 0 Å². The summed E-state index contributed by atoms with van der Waals surface area (Å²) >= 11 is 3.49. The molecular formula is C8H15BrN2. The minimum absolute atomic E-state index is 0.398. The molecule has 1 atom stereocenters. The molecule has 0 saturated carbocycles. The summed E-state index contributed by atoms with van der Waals surface area (Å²) in [7, 11) is 0. The maximum absolute atomic E-state index is 4.50. The van der Waals surface area contributed by atoms with Gasteiger partial charge in [-0.15, -0.1) is 0 Å². The van der Waals surface area contributed by atoms with Crippen LogP contribution in [0.3, 0.4) is 0 Å². The summed E-state index contributed by atoms with van der Waals surface area (Å²) in [4.78, 5) is 4.50. The third-order valence-electron chi connectivity index (χ3n) is 1.89. The third kappa shape index (κ3) is 2.56. The van der Waals surface area contributed by atoms with Crippen LogP contribution in [0.25, 0.3) is 0 Å². The molecule has 0 radical (unpaired) electrons. The number of nitrogens with zero attached hydrogens (tertiary/aromatic N) is 2. The van der Waals surface area contributed by atoms with Crippen LogP contribution in [-0.2, 0) is 0 Å². The Kier molecular flexibility index (Phi) is 3.52. The summed E-state index contributed by atoms with van der Waals surface area (Å²) in [6.45, 7) is 5.28. The van der Waals surface area contributed by atoms with Crippen molar-refractivity contribution in [2.24, 2.45) is 4.99 Å². The van der Waals surface area contributed by atoms with Crippen molar-refractivity contribution < 1.29 is 0 Å². The van der Waals surface area contributed by atoms with E-state index in [0.29, 0.717) is 6.17 Å². The Labute approximate surface area is 77.0 Å². The Morgan fingerprint density at radius 3 is 2.91 bits per heavy atom. The molecule has 0 bridgehead atoms. The Bertz CT molecular complexity index is 156. The van der Waals surface area contributed by atoms with Gasteiger partial charge >= 0.3 is 0 Å². The molecule has 0 aromatic carbocycles. The van der Waals surface area contributed by atoms with Gasteiger partial charge in [-0.3, -0.25) is 4.99 Å². The first-order chi connectivity index (χ1) is 5.24. The summed E-state index contributed by atoms with van der Waals surface area (Å²) in [5, 5.41) is 0. The maximum atomic E-state index is 4.50. The molecule has 1 aliphatic rings. The van der Waals surface area contributed by atoms with E-state index in [9.17, 15) is 0 Å². The van der Waals surface area contributed by atoms with Crippen LogP contribution in [0, 0.1) is 0 Å². The van der Waals surface area contributed by atoms with E-state index in [1.165, 1.54) is 25.0 Å². The Morgan fingerprint density at radius 2 is 2.45 bits per heavy atom. The Morgan fingerprint density at radius 1 is 1.73 bits per heavy atom. The topological polar surface area (TPSA) is 15.6 Å². The monoisotopic (exact) mass is 218 g/mol. The zero-order valence-corrected chi connectivity index (χ0v) is 8.76. The van der Waals surface area contributed by atoms with E-state index in [1.54, 1.807) is 0 Å². The summed E-state index contributed by atoms with van der Waals surface area (Å²) in [5.74, 6) is 0. The Hall–Kier alpha value is 0.110. The molecule has 0 aromatic heterocycles. The minimum Gasteiger partial charge on any atom is -0.273 e. The van der Waals surface area contributed by atoms with E-state index in [4.69, 9.17) is 0 Å². The molecule has 1 heterocycles.